The average molecular weight is 364 g/mol. The lowest BCUT2D eigenvalue weighted by Crippen LogP contribution is -2.56. The summed E-state index contributed by atoms with van der Waals surface area (Å²) in [5.74, 6) is 1.40. The number of aliphatic imine (C=N–C) groups is 1. The first kappa shape index (κ1) is 19.9. The van der Waals surface area contributed by atoms with Crippen LogP contribution in [0.4, 0.5) is 10.5 Å². The second-order valence-electron chi connectivity index (χ2n) is 7.61. The highest BCUT2D eigenvalue weighted by Gasteiger charge is 2.43. The highest BCUT2D eigenvalue weighted by molar-refractivity contribution is 6.00. The summed E-state index contributed by atoms with van der Waals surface area (Å²) in [4.78, 5) is 18.1. The van der Waals surface area contributed by atoms with E-state index in [0.29, 0.717) is 23.1 Å². The maximum absolute atomic E-state index is 12.2. The van der Waals surface area contributed by atoms with Crippen molar-refractivity contribution < 1.29 is 24.1 Å². The monoisotopic (exact) mass is 364 g/mol. The number of hydrogen-bond donors (Lipinski definition) is 1. The Morgan fingerprint density at radius 3 is 2.23 bits per heavy atom. The zero-order chi connectivity index (χ0) is 19.7. The van der Waals surface area contributed by atoms with Crippen LogP contribution in [0.15, 0.2) is 23.2 Å². The maximum atomic E-state index is 12.2. The molecule has 1 unspecified atom stereocenters. The Kier molecular flexibility index (Phi) is 5.39. The van der Waals surface area contributed by atoms with E-state index in [2.05, 4.69) is 4.99 Å². The van der Waals surface area contributed by atoms with Crippen LogP contribution in [0, 0.1) is 0 Å². The lowest BCUT2D eigenvalue weighted by Gasteiger charge is -2.42. The zero-order valence-corrected chi connectivity index (χ0v) is 16.5. The van der Waals surface area contributed by atoms with E-state index in [1.807, 2.05) is 20.8 Å². The van der Waals surface area contributed by atoms with Crippen LogP contribution in [0.3, 0.4) is 0 Å². The van der Waals surface area contributed by atoms with E-state index in [-0.39, 0.29) is 11.6 Å². The molecule has 0 bridgehead atoms. The zero-order valence-electron chi connectivity index (χ0n) is 16.5. The smallest absolute Gasteiger partial charge is 0.412 e. The van der Waals surface area contributed by atoms with Crippen molar-refractivity contribution in [2.24, 2.45) is 4.99 Å². The Balaban J connectivity index is 2.56. The number of anilines is 1. The fourth-order valence-corrected chi connectivity index (χ4v) is 3.25. The summed E-state index contributed by atoms with van der Waals surface area (Å²) in [6, 6.07) is 4.99. The first-order valence-corrected chi connectivity index (χ1v) is 8.53. The van der Waals surface area contributed by atoms with Gasteiger partial charge in [-0.1, -0.05) is 0 Å². The van der Waals surface area contributed by atoms with Gasteiger partial charge in [0.25, 0.3) is 0 Å². The van der Waals surface area contributed by atoms with Crippen molar-refractivity contribution in [3.63, 3.8) is 0 Å². The molecule has 0 saturated carbocycles. The van der Waals surface area contributed by atoms with Crippen LogP contribution >= 0.6 is 0 Å². The molecule has 26 heavy (non-hydrogen) atoms. The minimum absolute atomic E-state index is 0.0488. The van der Waals surface area contributed by atoms with Gasteiger partial charge >= 0.3 is 6.09 Å². The van der Waals surface area contributed by atoms with Crippen LogP contribution in [0.1, 0.15) is 41.0 Å². The topological polar surface area (TPSA) is 80.6 Å². The summed E-state index contributed by atoms with van der Waals surface area (Å²) in [5, 5.41) is 9.95. The number of benzene rings is 1. The number of ether oxygens (including phenoxy) is 3. The van der Waals surface area contributed by atoms with Crippen molar-refractivity contribution in [3.8, 4) is 11.5 Å². The molecule has 1 atom stereocenters. The molecular formula is C19H28N2O5. The van der Waals surface area contributed by atoms with Gasteiger partial charge in [-0.3, -0.25) is 4.90 Å². The first-order chi connectivity index (χ1) is 12.0. The van der Waals surface area contributed by atoms with Crippen LogP contribution in [0.2, 0.25) is 0 Å². The van der Waals surface area contributed by atoms with Crippen LogP contribution < -0.4 is 14.4 Å². The van der Waals surface area contributed by atoms with E-state index >= 15 is 0 Å². The second-order valence-corrected chi connectivity index (χ2v) is 7.61. The van der Waals surface area contributed by atoms with Gasteiger partial charge in [0.2, 0.25) is 5.90 Å². The van der Waals surface area contributed by atoms with Crippen molar-refractivity contribution >= 4 is 17.7 Å². The normalized spacial score (nSPS) is 19.2. The number of hydrogen-bond acceptors (Lipinski definition) is 5. The number of rotatable bonds is 5. The van der Waals surface area contributed by atoms with Crippen LogP contribution in [-0.4, -0.2) is 48.5 Å². The molecule has 144 valence electrons. The van der Waals surface area contributed by atoms with Crippen molar-refractivity contribution in [2.75, 3.05) is 19.1 Å². The van der Waals surface area contributed by atoms with Crippen molar-refractivity contribution in [1.29, 1.82) is 0 Å². The molecule has 1 aromatic carbocycles. The van der Waals surface area contributed by atoms with E-state index in [0.717, 1.165) is 6.42 Å². The van der Waals surface area contributed by atoms with E-state index in [1.54, 1.807) is 32.0 Å². The predicted octanol–water partition coefficient (Wildman–Crippen LogP) is 3.95. The SMILES string of the molecule is COc1cc(OC)cc(N(C(=O)O)C(C)(C)C2=NC(C)(C)CC(C)O2)c1. The minimum atomic E-state index is -1.12. The number of amides is 1. The number of carboxylic acid groups (broad SMARTS) is 1. The summed E-state index contributed by atoms with van der Waals surface area (Å²) in [7, 11) is 3.04. The molecule has 0 spiro atoms. The maximum Gasteiger partial charge on any atom is 0.412 e. The summed E-state index contributed by atoms with van der Waals surface area (Å²) >= 11 is 0. The van der Waals surface area contributed by atoms with Crippen LogP contribution in [0.5, 0.6) is 11.5 Å². The lowest BCUT2D eigenvalue weighted by atomic mass is 9.93. The molecule has 0 radical (unpaired) electrons. The molecule has 1 aliphatic heterocycles. The largest absolute Gasteiger partial charge is 0.497 e. The van der Waals surface area contributed by atoms with E-state index < -0.39 is 11.6 Å². The van der Waals surface area contributed by atoms with Gasteiger partial charge in [-0.2, -0.15) is 0 Å². The van der Waals surface area contributed by atoms with Crippen LogP contribution in [-0.2, 0) is 4.74 Å². The van der Waals surface area contributed by atoms with Gasteiger partial charge in [-0.15, -0.1) is 0 Å². The number of methoxy groups -OCH3 is 2. The fraction of sp³-hybridized carbons (Fsp3) is 0.579. The van der Waals surface area contributed by atoms with E-state index in [9.17, 15) is 9.90 Å². The molecule has 1 amide bonds. The molecule has 1 heterocycles. The average Bonchev–Trinajstić information content (AvgIpc) is 2.51. The fourth-order valence-electron chi connectivity index (χ4n) is 3.25. The Bertz CT molecular complexity index is 690. The Hall–Kier alpha value is -2.44. The summed E-state index contributed by atoms with van der Waals surface area (Å²) in [6.45, 7) is 9.55. The number of carbonyl (C=O) groups is 1. The first-order valence-electron chi connectivity index (χ1n) is 8.53. The van der Waals surface area contributed by atoms with Crippen molar-refractivity contribution in [1.82, 2.24) is 0 Å². The molecule has 7 heteroatoms. The molecule has 1 aliphatic rings. The third-order valence-corrected chi connectivity index (χ3v) is 4.37. The molecule has 1 N–H and O–H groups in total. The van der Waals surface area contributed by atoms with E-state index in [4.69, 9.17) is 14.2 Å². The number of nitrogens with zero attached hydrogens (tertiary/aromatic N) is 2. The highest BCUT2D eigenvalue weighted by atomic mass is 16.5. The lowest BCUT2D eigenvalue weighted by molar-refractivity contribution is 0.127. The molecule has 7 nitrogen and oxygen atoms in total. The molecule has 0 aromatic heterocycles. The minimum Gasteiger partial charge on any atom is -0.497 e. The molecule has 0 aliphatic carbocycles. The van der Waals surface area contributed by atoms with Gasteiger partial charge in [0.05, 0.1) is 31.5 Å². The molecular weight excluding hydrogens is 336 g/mol. The molecule has 0 fully saturated rings. The van der Waals surface area contributed by atoms with Gasteiger partial charge < -0.3 is 19.3 Å². The van der Waals surface area contributed by atoms with Gasteiger partial charge in [0, 0.05) is 24.6 Å². The van der Waals surface area contributed by atoms with Crippen molar-refractivity contribution in [3.05, 3.63) is 18.2 Å². The molecule has 1 aromatic rings. The van der Waals surface area contributed by atoms with Gasteiger partial charge in [-0.05, 0) is 34.6 Å². The van der Waals surface area contributed by atoms with Gasteiger partial charge in [-0.25, -0.2) is 9.79 Å². The Morgan fingerprint density at radius 1 is 1.27 bits per heavy atom. The standard InChI is InChI=1S/C19H28N2O5/c1-12-11-18(2,3)20-16(26-12)19(4,5)21(17(22)23)13-8-14(24-6)10-15(9-13)25-7/h8-10,12H,11H2,1-7H3,(H,22,23). The van der Waals surface area contributed by atoms with Gasteiger partial charge in [0.1, 0.15) is 17.0 Å². The highest BCUT2D eigenvalue weighted by Crippen LogP contribution is 2.35. The van der Waals surface area contributed by atoms with Gasteiger partial charge in [0.15, 0.2) is 0 Å². The third-order valence-electron chi connectivity index (χ3n) is 4.37. The quantitative estimate of drug-likeness (QED) is 0.855. The molecule has 0 saturated heterocycles. The second kappa shape index (κ2) is 7.05. The summed E-state index contributed by atoms with van der Waals surface area (Å²) < 4.78 is 16.5. The molecule has 2 rings (SSSR count). The van der Waals surface area contributed by atoms with E-state index in [1.165, 1.54) is 19.1 Å². The van der Waals surface area contributed by atoms with Crippen LogP contribution in [0.25, 0.3) is 0 Å². The summed E-state index contributed by atoms with van der Waals surface area (Å²) in [5.41, 5.74) is -0.920. The Morgan fingerprint density at radius 2 is 1.81 bits per heavy atom. The van der Waals surface area contributed by atoms with Crippen molar-refractivity contribution in [2.45, 2.75) is 58.2 Å². The third kappa shape index (κ3) is 4.03. The Labute approximate surface area is 154 Å². The summed E-state index contributed by atoms with van der Waals surface area (Å²) in [6.07, 6.45) is -0.396. The predicted molar refractivity (Wildman–Crippen MR) is 101 cm³/mol.